The fraction of sp³-hybridized carbons (Fsp3) is 0.158. The molecule has 3 aromatic rings. The van der Waals surface area contributed by atoms with Gasteiger partial charge >= 0.3 is 6.18 Å². The van der Waals surface area contributed by atoms with Crippen LogP contribution in [0.1, 0.15) is 27.3 Å². The Labute approximate surface area is 162 Å². The minimum atomic E-state index is -4.51. The fourth-order valence-corrected chi connectivity index (χ4v) is 2.48. The number of halogens is 3. The minimum absolute atomic E-state index is 0.00766. The van der Waals surface area contributed by atoms with Crippen molar-refractivity contribution in [2.75, 3.05) is 10.6 Å². The predicted molar refractivity (Wildman–Crippen MR) is 97.2 cm³/mol. The molecule has 0 aliphatic rings. The molecule has 0 bridgehead atoms. The summed E-state index contributed by atoms with van der Waals surface area (Å²) in [6.07, 6.45) is -4.57. The molecule has 0 spiro atoms. The molecule has 1 heterocycles. The maximum Gasteiger partial charge on any atom is 0.416 e. The number of hydrogen-bond acceptors (Lipinski definition) is 5. The molecule has 2 amide bonds. The van der Waals surface area contributed by atoms with E-state index in [-0.39, 0.29) is 23.6 Å². The number of nitrogens with zero attached hydrogens (tertiary/aromatic N) is 2. The van der Waals surface area contributed by atoms with Crippen LogP contribution in [0.15, 0.2) is 53.2 Å². The number of benzene rings is 2. The summed E-state index contributed by atoms with van der Waals surface area (Å²) in [5, 5.41) is 12.2. The van der Waals surface area contributed by atoms with Crippen LogP contribution in [0.4, 0.5) is 24.5 Å². The summed E-state index contributed by atoms with van der Waals surface area (Å²) in [6, 6.07) is 10.3. The highest BCUT2D eigenvalue weighted by atomic mass is 19.4. The van der Waals surface area contributed by atoms with Crippen molar-refractivity contribution in [2.24, 2.45) is 0 Å². The van der Waals surface area contributed by atoms with E-state index in [0.717, 1.165) is 12.1 Å². The molecule has 0 fully saturated rings. The maximum atomic E-state index is 12.8. The first-order valence-corrected chi connectivity index (χ1v) is 8.39. The average Bonchev–Trinajstić information content (AvgIpc) is 3.06. The van der Waals surface area contributed by atoms with E-state index in [1.165, 1.54) is 24.3 Å². The van der Waals surface area contributed by atoms with Crippen LogP contribution in [0, 0.1) is 6.92 Å². The summed E-state index contributed by atoms with van der Waals surface area (Å²) >= 11 is 0. The quantitative estimate of drug-likeness (QED) is 0.674. The molecule has 7 nitrogen and oxygen atoms in total. The lowest BCUT2D eigenvalue weighted by Crippen LogP contribution is -2.17. The third kappa shape index (κ3) is 5.18. The number of amides is 2. The molecule has 29 heavy (non-hydrogen) atoms. The van der Waals surface area contributed by atoms with Gasteiger partial charge in [0.15, 0.2) is 0 Å². The van der Waals surface area contributed by atoms with E-state index in [1.54, 1.807) is 19.1 Å². The topological polar surface area (TPSA) is 97.1 Å². The smallest absolute Gasteiger partial charge is 0.326 e. The summed E-state index contributed by atoms with van der Waals surface area (Å²) < 4.78 is 42.9. The first-order valence-electron chi connectivity index (χ1n) is 8.39. The summed E-state index contributed by atoms with van der Waals surface area (Å²) in [5.41, 5.74) is 0.540. The number of hydrogen-bond donors (Lipinski definition) is 2. The highest BCUT2D eigenvalue weighted by Crippen LogP contribution is 2.30. The van der Waals surface area contributed by atoms with Gasteiger partial charge < -0.3 is 10.6 Å². The molecule has 0 saturated carbocycles. The number of carbonyl (C=O) groups excluding carboxylic acids is 2. The van der Waals surface area contributed by atoms with E-state index in [1.807, 2.05) is 0 Å². The molecule has 3 rings (SSSR count). The van der Waals surface area contributed by atoms with E-state index < -0.39 is 17.6 Å². The third-order valence-corrected chi connectivity index (χ3v) is 3.93. The van der Waals surface area contributed by atoms with Crippen molar-refractivity contribution < 1.29 is 27.4 Å². The zero-order chi connectivity index (χ0) is 21.0. The molecule has 0 radical (unpaired) electrons. The number of aromatic nitrogens is 2. The van der Waals surface area contributed by atoms with Gasteiger partial charge in [0.1, 0.15) is 11.4 Å². The van der Waals surface area contributed by atoms with Gasteiger partial charge in [-0.05, 0) is 43.3 Å². The highest BCUT2D eigenvalue weighted by Gasteiger charge is 2.30. The van der Waals surface area contributed by atoms with Gasteiger partial charge in [0.25, 0.3) is 5.91 Å². The third-order valence-electron chi connectivity index (χ3n) is 3.93. The van der Waals surface area contributed by atoms with Crippen LogP contribution < -0.4 is 10.6 Å². The number of aryl methyl sites for hydroxylation is 1. The van der Waals surface area contributed by atoms with Crippen molar-refractivity contribution in [3.63, 3.8) is 0 Å². The van der Waals surface area contributed by atoms with Crippen LogP contribution in [0.2, 0.25) is 0 Å². The normalized spacial score (nSPS) is 11.2. The summed E-state index contributed by atoms with van der Waals surface area (Å²) in [5.74, 6) is -1.00. The predicted octanol–water partition coefficient (Wildman–Crippen LogP) is 3.83. The molecule has 10 heteroatoms. The van der Waals surface area contributed by atoms with Gasteiger partial charge in [0, 0.05) is 16.9 Å². The highest BCUT2D eigenvalue weighted by molar-refractivity contribution is 6.05. The zero-order valence-corrected chi connectivity index (χ0v) is 15.1. The number of alkyl halides is 3. The molecule has 1 aromatic heterocycles. The van der Waals surface area contributed by atoms with Crippen molar-refractivity contribution in [2.45, 2.75) is 19.5 Å². The molecule has 0 unspecified atom stereocenters. The molecule has 2 N–H and O–H groups in total. The van der Waals surface area contributed by atoms with Gasteiger partial charge in [0.2, 0.25) is 5.91 Å². The zero-order valence-electron chi connectivity index (χ0n) is 15.1. The summed E-state index contributed by atoms with van der Waals surface area (Å²) in [7, 11) is 0. The Balaban J connectivity index is 1.68. The molecule has 0 atom stereocenters. The van der Waals surface area contributed by atoms with Crippen LogP contribution in [0.5, 0.6) is 0 Å². The van der Waals surface area contributed by atoms with E-state index in [9.17, 15) is 22.8 Å². The Morgan fingerprint density at radius 2 is 1.69 bits per heavy atom. The molecule has 0 aliphatic carbocycles. The lowest BCUT2D eigenvalue weighted by molar-refractivity contribution is -0.137. The van der Waals surface area contributed by atoms with Crippen LogP contribution in [-0.4, -0.2) is 22.1 Å². The molecule has 150 valence electrons. The van der Waals surface area contributed by atoms with Crippen LogP contribution in [-0.2, 0) is 17.4 Å². The number of carbonyl (C=O) groups is 2. The molecular formula is C19H15F3N4O3. The Bertz CT molecular complexity index is 1050. The Kier molecular flexibility index (Phi) is 5.62. The minimum Gasteiger partial charge on any atom is -0.326 e. The lowest BCUT2D eigenvalue weighted by atomic mass is 10.1. The van der Waals surface area contributed by atoms with Crippen molar-refractivity contribution in [3.8, 4) is 0 Å². The van der Waals surface area contributed by atoms with Gasteiger partial charge in [-0.3, -0.25) is 9.59 Å². The Morgan fingerprint density at radius 3 is 2.34 bits per heavy atom. The van der Waals surface area contributed by atoms with E-state index in [2.05, 4.69) is 25.6 Å². The number of nitrogens with one attached hydrogen (secondary N) is 2. The van der Waals surface area contributed by atoms with Crippen molar-refractivity contribution in [3.05, 3.63) is 71.0 Å². The standard InChI is InChI=1S/C19H15F3N4O3/c1-11-16(26-29-25-11)10-17(27)23-14-6-2-4-12(8-14)18(28)24-15-7-3-5-13(9-15)19(20,21)22/h2-9H,10H2,1H3,(H,23,27)(H,24,28). The SMILES string of the molecule is Cc1nonc1CC(=O)Nc1cccc(C(=O)Nc2cccc(C(F)(F)F)c2)c1. The van der Waals surface area contributed by atoms with Crippen molar-refractivity contribution in [1.82, 2.24) is 10.3 Å². The maximum absolute atomic E-state index is 12.8. The fourth-order valence-electron chi connectivity index (χ4n) is 2.48. The van der Waals surface area contributed by atoms with Crippen LogP contribution in [0.3, 0.4) is 0 Å². The Hall–Kier alpha value is -3.69. The van der Waals surface area contributed by atoms with Crippen molar-refractivity contribution in [1.29, 1.82) is 0 Å². The van der Waals surface area contributed by atoms with Crippen LogP contribution in [0.25, 0.3) is 0 Å². The van der Waals surface area contributed by atoms with Gasteiger partial charge in [-0.2, -0.15) is 13.2 Å². The van der Waals surface area contributed by atoms with Gasteiger partial charge in [-0.1, -0.05) is 22.4 Å². The number of anilines is 2. The summed E-state index contributed by atoms with van der Waals surface area (Å²) in [4.78, 5) is 24.5. The largest absolute Gasteiger partial charge is 0.416 e. The van der Waals surface area contributed by atoms with Gasteiger partial charge in [0.05, 0.1) is 12.0 Å². The Morgan fingerprint density at radius 1 is 1.00 bits per heavy atom. The second-order valence-corrected chi connectivity index (χ2v) is 6.13. The first kappa shape index (κ1) is 20.1. The second-order valence-electron chi connectivity index (χ2n) is 6.13. The van der Waals surface area contributed by atoms with Crippen LogP contribution >= 0.6 is 0 Å². The lowest BCUT2D eigenvalue weighted by Gasteiger charge is -2.11. The molecule has 0 aliphatic heterocycles. The molecule has 2 aromatic carbocycles. The first-order chi connectivity index (χ1) is 13.7. The summed E-state index contributed by atoms with van der Waals surface area (Å²) in [6.45, 7) is 1.65. The monoisotopic (exact) mass is 404 g/mol. The molecular weight excluding hydrogens is 389 g/mol. The van der Waals surface area contributed by atoms with E-state index in [0.29, 0.717) is 17.1 Å². The average molecular weight is 404 g/mol. The second kappa shape index (κ2) is 8.13. The van der Waals surface area contributed by atoms with E-state index >= 15 is 0 Å². The van der Waals surface area contributed by atoms with Gasteiger partial charge in [-0.25, -0.2) is 4.63 Å². The van der Waals surface area contributed by atoms with Gasteiger partial charge in [-0.15, -0.1) is 0 Å². The molecule has 0 saturated heterocycles. The number of rotatable bonds is 5. The van der Waals surface area contributed by atoms with Crippen molar-refractivity contribution >= 4 is 23.2 Å². The van der Waals surface area contributed by atoms with E-state index in [4.69, 9.17) is 0 Å².